The molecule has 0 radical (unpaired) electrons. The van der Waals surface area contributed by atoms with Gasteiger partial charge in [0.2, 0.25) is 0 Å². The zero-order chi connectivity index (χ0) is 15.0. The average Bonchev–Trinajstić information content (AvgIpc) is 2.42. The first-order valence-electron chi connectivity index (χ1n) is 5.74. The third kappa shape index (κ3) is 4.90. The summed E-state index contributed by atoms with van der Waals surface area (Å²) < 4.78 is 27.6. The molecule has 7 nitrogen and oxygen atoms in total. The van der Waals surface area contributed by atoms with Crippen LogP contribution in [0.15, 0.2) is 18.2 Å². The Morgan fingerprint density at radius 2 is 2.00 bits per heavy atom. The predicted molar refractivity (Wildman–Crippen MR) is 66.0 cm³/mol. The molecule has 0 bridgehead atoms. The van der Waals surface area contributed by atoms with Gasteiger partial charge < -0.3 is 14.2 Å². The summed E-state index contributed by atoms with van der Waals surface area (Å²) in [5.41, 5.74) is -0.927. The number of halogens is 1. The summed E-state index contributed by atoms with van der Waals surface area (Å²) in [5.74, 6) is -1.72. The molecule has 0 saturated carbocycles. The van der Waals surface area contributed by atoms with Gasteiger partial charge in [0.15, 0.2) is 0 Å². The molecule has 8 heteroatoms. The van der Waals surface area contributed by atoms with Crippen molar-refractivity contribution in [2.75, 3.05) is 33.5 Å². The summed E-state index contributed by atoms with van der Waals surface area (Å²) >= 11 is 0. The van der Waals surface area contributed by atoms with Gasteiger partial charge in [-0.15, -0.1) is 0 Å². The largest absolute Gasteiger partial charge is 0.459 e. The molecule has 0 amide bonds. The summed E-state index contributed by atoms with van der Waals surface area (Å²) in [4.78, 5) is 21.6. The average molecular weight is 287 g/mol. The number of rotatable bonds is 8. The van der Waals surface area contributed by atoms with Crippen LogP contribution in [0.25, 0.3) is 0 Å². The highest BCUT2D eigenvalue weighted by Gasteiger charge is 2.22. The Morgan fingerprint density at radius 1 is 1.30 bits per heavy atom. The normalized spacial score (nSPS) is 10.3. The second-order valence-corrected chi connectivity index (χ2v) is 3.66. The fourth-order valence-electron chi connectivity index (χ4n) is 1.35. The maximum atomic E-state index is 13.0. The fourth-order valence-corrected chi connectivity index (χ4v) is 1.35. The standard InChI is InChI=1S/C12H14FNO6/c1-18-4-5-19-6-7-20-12(15)10-8-9(13)2-3-11(10)14(16)17/h2-3,8H,4-7H2,1H3. The Labute approximate surface area is 114 Å². The molecule has 0 spiro atoms. The van der Waals surface area contributed by atoms with Crippen LogP contribution >= 0.6 is 0 Å². The zero-order valence-corrected chi connectivity index (χ0v) is 10.8. The van der Waals surface area contributed by atoms with Crippen molar-refractivity contribution >= 4 is 11.7 Å². The van der Waals surface area contributed by atoms with Crippen LogP contribution in [0.4, 0.5) is 10.1 Å². The lowest BCUT2D eigenvalue weighted by atomic mass is 10.2. The van der Waals surface area contributed by atoms with Crippen molar-refractivity contribution in [2.24, 2.45) is 0 Å². The van der Waals surface area contributed by atoms with Crippen LogP contribution in [0.1, 0.15) is 10.4 Å². The maximum Gasteiger partial charge on any atom is 0.345 e. The zero-order valence-electron chi connectivity index (χ0n) is 10.8. The highest BCUT2D eigenvalue weighted by molar-refractivity contribution is 5.93. The molecule has 20 heavy (non-hydrogen) atoms. The van der Waals surface area contributed by atoms with E-state index < -0.39 is 28.0 Å². The van der Waals surface area contributed by atoms with Crippen LogP contribution in [0.3, 0.4) is 0 Å². The molecule has 1 aromatic carbocycles. The van der Waals surface area contributed by atoms with Crippen molar-refractivity contribution in [3.63, 3.8) is 0 Å². The van der Waals surface area contributed by atoms with Crippen molar-refractivity contribution in [3.05, 3.63) is 39.7 Å². The molecular formula is C12H14FNO6. The molecule has 1 rings (SSSR count). The first-order valence-corrected chi connectivity index (χ1v) is 5.74. The van der Waals surface area contributed by atoms with E-state index in [1.165, 1.54) is 7.11 Å². The molecule has 0 unspecified atom stereocenters. The molecule has 0 saturated heterocycles. The van der Waals surface area contributed by atoms with Gasteiger partial charge in [-0.1, -0.05) is 0 Å². The number of ether oxygens (including phenoxy) is 3. The summed E-state index contributed by atoms with van der Waals surface area (Å²) in [7, 11) is 1.52. The minimum absolute atomic E-state index is 0.0871. The Hall–Kier alpha value is -2.06. The van der Waals surface area contributed by atoms with E-state index in [9.17, 15) is 19.3 Å². The van der Waals surface area contributed by atoms with Gasteiger partial charge in [-0.2, -0.15) is 0 Å². The number of hydrogen-bond acceptors (Lipinski definition) is 6. The fraction of sp³-hybridized carbons (Fsp3) is 0.417. The third-order valence-electron chi connectivity index (χ3n) is 2.27. The van der Waals surface area contributed by atoms with E-state index in [2.05, 4.69) is 0 Å². The van der Waals surface area contributed by atoms with E-state index in [0.29, 0.717) is 13.2 Å². The molecule has 0 heterocycles. The molecule has 0 aliphatic heterocycles. The number of hydrogen-bond donors (Lipinski definition) is 0. The number of nitro groups is 1. The van der Waals surface area contributed by atoms with Crippen LogP contribution in [0, 0.1) is 15.9 Å². The lowest BCUT2D eigenvalue weighted by Crippen LogP contribution is -2.14. The van der Waals surface area contributed by atoms with Gasteiger partial charge in [0, 0.05) is 13.2 Å². The van der Waals surface area contributed by atoms with Crippen LogP contribution in [-0.2, 0) is 14.2 Å². The Balaban J connectivity index is 2.54. The van der Waals surface area contributed by atoms with Crippen molar-refractivity contribution in [3.8, 4) is 0 Å². The minimum Gasteiger partial charge on any atom is -0.459 e. The van der Waals surface area contributed by atoms with Crippen LogP contribution in [0.2, 0.25) is 0 Å². The molecule has 0 aliphatic rings. The van der Waals surface area contributed by atoms with Crippen LogP contribution in [0.5, 0.6) is 0 Å². The number of nitro benzene ring substituents is 1. The summed E-state index contributed by atoms with van der Waals surface area (Å²) in [6.07, 6.45) is 0. The molecular weight excluding hydrogens is 273 g/mol. The number of benzene rings is 1. The Morgan fingerprint density at radius 3 is 2.65 bits per heavy atom. The summed E-state index contributed by atoms with van der Waals surface area (Å²) in [6, 6.07) is 2.59. The van der Waals surface area contributed by atoms with Crippen molar-refractivity contribution < 1.29 is 28.3 Å². The number of esters is 1. The molecule has 0 fully saturated rings. The molecule has 0 atom stereocenters. The van der Waals surface area contributed by atoms with E-state index in [1.54, 1.807) is 0 Å². The van der Waals surface area contributed by atoms with E-state index in [1.807, 2.05) is 0 Å². The van der Waals surface area contributed by atoms with Crippen LogP contribution in [-0.4, -0.2) is 44.4 Å². The second-order valence-electron chi connectivity index (χ2n) is 3.66. The number of methoxy groups -OCH3 is 1. The second kappa shape index (κ2) is 8.18. The lowest BCUT2D eigenvalue weighted by Gasteiger charge is -2.06. The molecule has 0 N–H and O–H groups in total. The smallest absolute Gasteiger partial charge is 0.345 e. The lowest BCUT2D eigenvalue weighted by molar-refractivity contribution is -0.385. The quantitative estimate of drug-likeness (QED) is 0.312. The summed E-state index contributed by atoms with van der Waals surface area (Å²) in [6.45, 7) is 0.784. The first-order chi connectivity index (χ1) is 9.56. The molecule has 110 valence electrons. The van der Waals surface area contributed by atoms with Gasteiger partial charge in [-0.25, -0.2) is 9.18 Å². The molecule has 0 aromatic heterocycles. The monoisotopic (exact) mass is 287 g/mol. The molecule has 0 aliphatic carbocycles. The van der Waals surface area contributed by atoms with E-state index >= 15 is 0 Å². The van der Waals surface area contributed by atoms with Gasteiger partial charge in [0.1, 0.15) is 18.0 Å². The Kier molecular flexibility index (Phi) is 6.54. The summed E-state index contributed by atoms with van der Waals surface area (Å²) in [5, 5.41) is 10.7. The predicted octanol–water partition coefficient (Wildman–Crippen LogP) is 1.55. The third-order valence-corrected chi connectivity index (χ3v) is 2.27. The van der Waals surface area contributed by atoms with E-state index in [4.69, 9.17) is 14.2 Å². The van der Waals surface area contributed by atoms with E-state index in [0.717, 1.165) is 18.2 Å². The molecule has 1 aromatic rings. The van der Waals surface area contributed by atoms with Crippen molar-refractivity contribution in [1.82, 2.24) is 0 Å². The number of nitrogens with zero attached hydrogens (tertiary/aromatic N) is 1. The van der Waals surface area contributed by atoms with Crippen molar-refractivity contribution in [2.45, 2.75) is 0 Å². The number of carbonyl (C=O) groups excluding carboxylic acids is 1. The van der Waals surface area contributed by atoms with Crippen molar-refractivity contribution in [1.29, 1.82) is 0 Å². The minimum atomic E-state index is -0.966. The number of carbonyl (C=O) groups is 1. The highest BCUT2D eigenvalue weighted by Crippen LogP contribution is 2.20. The SMILES string of the molecule is COCCOCCOC(=O)c1cc(F)ccc1[N+](=O)[O-]. The first kappa shape index (κ1) is 16.0. The Bertz CT molecular complexity index is 479. The van der Waals surface area contributed by atoms with Gasteiger partial charge in [-0.05, 0) is 12.1 Å². The topological polar surface area (TPSA) is 87.9 Å². The highest BCUT2D eigenvalue weighted by atomic mass is 19.1. The van der Waals surface area contributed by atoms with Gasteiger partial charge in [0.05, 0.1) is 24.7 Å². The van der Waals surface area contributed by atoms with E-state index in [-0.39, 0.29) is 13.2 Å². The van der Waals surface area contributed by atoms with Gasteiger partial charge >= 0.3 is 5.97 Å². The van der Waals surface area contributed by atoms with Gasteiger partial charge in [-0.3, -0.25) is 10.1 Å². The maximum absolute atomic E-state index is 13.0. The van der Waals surface area contributed by atoms with Crippen LogP contribution < -0.4 is 0 Å². The van der Waals surface area contributed by atoms with Gasteiger partial charge in [0.25, 0.3) is 5.69 Å².